The van der Waals surface area contributed by atoms with Crippen LogP contribution in [0.15, 0.2) is 23.0 Å². The van der Waals surface area contributed by atoms with Crippen LogP contribution < -0.4 is 19.9 Å². The topological polar surface area (TPSA) is 68.7 Å². The number of nitrogens with zero attached hydrogens (tertiary/aromatic N) is 1. The summed E-state index contributed by atoms with van der Waals surface area (Å²) in [6, 6.07) is 6.12. The highest BCUT2D eigenvalue weighted by molar-refractivity contribution is 7.18. The lowest BCUT2D eigenvalue weighted by molar-refractivity contribution is -0.924. The Morgan fingerprint density at radius 2 is 2.17 bits per heavy atom. The Hall–Kier alpha value is -2.38. The summed E-state index contributed by atoms with van der Waals surface area (Å²) in [4.78, 5) is 24.4. The minimum atomic E-state index is 0.0137. The van der Waals surface area contributed by atoms with Gasteiger partial charge in [0.15, 0.2) is 17.3 Å². The zero-order valence-corrected chi connectivity index (χ0v) is 17.8. The maximum Gasteiger partial charge on any atom is 0.260 e. The molecule has 29 heavy (non-hydrogen) atoms. The largest absolute Gasteiger partial charge is 0.454 e. The van der Waals surface area contributed by atoms with Gasteiger partial charge in [-0.2, -0.15) is 0 Å². The van der Waals surface area contributed by atoms with E-state index in [0.29, 0.717) is 5.92 Å². The molecule has 1 unspecified atom stereocenters. The summed E-state index contributed by atoms with van der Waals surface area (Å²) in [5, 5.41) is 0.821. The summed E-state index contributed by atoms with van der Waals surface area (Å²) in [5.41, 5.74) is 2.42. The molecular weight excluding hydrogens is 386 g/mol. The van der Waals surface area contributed by atoms with Gasteiger partial charge in [-0.15, -0.1) is 11.3 Å². The second-order valence-electron chi connectivity index (χ2n) is 8.42. The van der Waals surface area contributed by atoms with Crippen LogP contribution in [0.4, 0.5) is 0 Å². The Kier molecular flexibility index (Phi) is 4.59. The number of aromatic amines is 1. The van der Waals surface area contributed by atoms with E-state index in [0.717, 1.165) is 53.3 Å². The number of quaternary nitrogens is 1. The quantitative estimate of drug-likeness (QED) is 0.691. The lowest BCUT2D eigenvalue weighted by Crippen LogP contribution is -3.07. The molecule has 1 aliphatic heterocycles. The molecule has 5 rings (SSSR count). The second-order valence-corrected chi connectivity index (χ2v) is 9.50. The Morgan fingerprint density at radius 3 is 3.03 bits per heavy atom. The van der Waals surface area contributed by atoms with Gasteiger partial charge in [0.2, 0.25) is 6.79 Å². The van der Waals surface area contributed by atoms with Gasteiger partial charge in [0.1, 0.15) is 17.4 Å². The molecule has 7 heteroatoms. The van der Waals surface area contributed by atoms with Crippen LogP contribution >= 0.6 is 11.3 Å². The molecule has 0 radical (unpaired) electrons. The molecule has 1 aromatic carbocycles. The second kappa shape index (κ2) is 7.15. The van der Waals surface area contributed by atoms with E-state index < -0.39 is 0 Å². The van der Waals surface area contributed by atoms with E-state index >= 15 is 0 Å². The molecular formula is C22H26N3O3S+. The summed E-state index contributed by atoms with van der Waals surface area (Å²) in [5.74, 6) is 3.04. The average Bonchev–Trinajstić information content (AvgIpc) is 3.30. The molecule has 2 aromatic heterocycles. The van der Waals surface area contributed by atoms with Crippen molar-refractivity contribution in [2.24, 2.45) is 5.92 Å². The van der Waals surface area contributed by atoms with Crippen LogP contribution in [0.3, 0.4) is 0 Å². The third-order valence-electron chi connectivity index (χ3n) is 6.25. The Bertz CT molecular complexity index is 1140. The third kappa shape index (κ3) is 3.32. The number of H-pyrrole nitrogens is 1. The molecule has 0 saturated carbocycles. The van der Waals surface area contributed by atoms with Crippen LogP contribution in [0, 0.1) is 5.92 Å². The van der Waals surface area contributed by atoms with Gasteiger partial charge >= 0.3 is 0 Å². The SMILES string of the molecule is C[C@H]1CCc2c(sc3nc([C@H](C)[NH+](C)Cc4ccc5c(c4)OCO5)[nH]c(=O)c23)C1. The van der Waals surface area contributed by atoms with E-state index in [1.165, 1.54) is 20.9 Å². The Morgan fingerprint density at radius 1 is 1.34 bits per heavy atom. The molecule has 3 aromatic rings. The minimum absolute atomic E-state index is 0.0137. The number of nitrogens with one attached hydrogen (secondary N) is 2. The molecule has 0 spiro atoms. The summed E-state index contributed by atoms with van der Waals surface area (Å²) >= 11 is 1.71. The highest BCUT2D eigenvalue weighted by atomic mass is 32.1. The number of hydrogen-bond donors (Lipinski definition) is 2. The molecule has 3 atom stereocenters. The van der Waals surface area contributed by atoms with Crippen molar-refractivity contribution < 1.29 is 14.4 Å². The van der Waals surface area contributed by atoms with Crippen LogP contribution in [-0.4, -0.2) is 23.8 Å². The fraction of sp³-hybridized carbons (Fsp3) is 0.455. The normalized spacial score (nSPS) is 19.9. The summed E-state index contributed by atoms with van der Waals surface area (Å²) in [6.45, 7) is 5.49. The number of thiophene rings is 1. The maximum atomic E-state index is 12.9. The number of ether oxygens (including phenoxy) is 2. The first-order valence-corrected chi connectivity index (χ1v) is 11.1. The number of benzene rings is 1. The molecule has 2 aliphatic rings. The standard InChI is InChI=1S/C22H25N3O3S/c1-12-4-6-15-18(8-12)29-22-19(15)21(26)23-20(24-22)13(2)25(3)10-14-5-7-16-17(9-14)28-11-27-16/h5,7,9,12-13H,4,6,8,10-11H2,1-3H3,(H,23,24,26)/p+1/t12-,13-/m0/s1. The molecule has 152 valence electrons. The molecule has 2 N–H and O–H groups in total. The highest BCUT2D eigenvalue weighted by Gasteiger charge is 2.26. The van der Waals surface area contributed by atoms with Gasteiger partial charge in [-0.25, -0.2) is 4.98 Å². The predicted molar refractivity (Wildman–Crippen MR) is 113 cm³/mol. The number of hydrogen-bond acceptors (Lipinski definition) is 5. The average molecular weight is 413 g/mol. The van der Waals surface area contributed by atoms with E-state index in [2.05, 4.69) is 31.9 Å². The van der Waals surface area contributed by atoms with Gasteiger partial charge in [0.05, 0.1) is 12.4 Å². The molecule has 1 aliphatic carbocycles. The maximum absolute atomic E-state index is 12.9. The zero-order chi connectivity index (χ0) is 20.1. The Balaban J connectivity index is 1.41. The van der Waals surface area contributed by atoms with Crippen LogP contribution in [0.25, 0.3) is 10.2 Å². The van der Waals surface area contributed by atoms with Crippen molar-refractivity contribution in [2.45, 2.75) is 45.7 Å². The van der Waals surface area contributed by atoms with Crippen molar-refractivity contribution in [2.75, 3.05) is 13.8 Å². The molecule has 0 fully saturated rings. The van der Waals surface area contributed by atoms with Gasteiger partial charge in [-0.1, -0.05) is 6.92 Å². The van der Waals surface area contributed by atoms with Crippen LogP contribution in [-0.2, 0) is 19.4 Å². The molecule has 0 bridgehead atoms. The van der Waals surface area contributed by atoms with Gasteiger partial charge in [-0.05, 0) is 55.9 Å². The lowest BCUT2D eigenvalue weighted by atomic mass is 9.89. The van der Waals surface area contributed by atoms with Crippen LogP contribution in [0.1, 0.15) is 48.1 Å². The minimum Gasteiger partial charge on any atom is -0.454 e. The fourth-order valence-corrected chi connectivity index (χ4v) is 5.72. The van der Waals surface area contributed by atoms with E-state index in [1.807, 2.05) is 12.1 Å². The van der Waals surface area contributed by atoms with Crippen molar-refractivity contribution in [3.05, 3.63) is 50.4 Å². The summed E-state index contributed by atoms with van der Waals surface area (Å²) in [6.07, 6.45) is 3.21. The van der Waals surface area contributed by atoms with Gasteiger partial charge in [-0.3, -0.25) is 4.79 Å². The lowest BCUT2D eigenvalue weighted by Gasteiger charge is -2.21. The number of fused-ring (bicyclic) bond motifs is 4. The predicted octanol–water partition coefficient (Wildman–Crippen LogP) is 2.61. The number of aryl methyl sites for hydroxylation is 1. The van der Waals surface area contributed by atoms with Crippen LogP contribution in [0.2, 0.25) is 0 Å². The number of aromatic nitrogens is 2. The monoisotopic (exact) mass is 412 g/mol. The summed E-state index contributed by atoms with van der Waals surface area (Å²) in [7, 11) is 2.13. The van der Waals surface area contributed by atoms with Gasteiger partial charge in [0.25, 0.3) is 5.56 Å². The van der Waals surface area contributed by atoms with Crippen LogP contribution in [0.5, 0.6) is 11.5 Å². The first-order valence-electron chi connectivity index (χ1n) is 10.2. The molecule has 0 saturated heterocycles. The first-order chi connectivity index (χ1) is 14.0. The van der Waals surface area contributed by atoms with E-state index in [4.69, 9.17) is 14.5 Å². The van der Waals surface area contributed by atoms with Crippen molar-refractivity contribution in [1.82, 2.24) is 9.97 Å². The molecule has 0 amide bonds. The molecule has 3 heterocycles. The van der Waals surface area contributed by atoms with Gasteiger partial charge < -0.3 is 19.4 Å². The summed E-state index contributed by atoms with van der Waals surface area (Å²) < 4.78 is 10.9. The Labute approximate surface area is 173 Å². The van der Waals surface area contributed by atoms with E-state index in [-0.39, 0.29) is 18.4 Å². The fourth-order valence-electron chi connectivity index (χ4n) is 4.33. The van der Waals surface area contributed by atoms with Crippen molar-refractivity contribution in [3.8, 4) is 11.5 Å². The van der Waals surface area contributed by atoms with E-state index in [9.17, 15) is 4.79 Å². The zero-order valence-electron chi connectivity index (χ0n) is 17.0. The van der Waals surface area contributed by atoms with Gasteiger partial charge in [0, 0.05) is 10.4 Å². The third-order valence-corrected chi connectivity index (χ3v) is 7.40. The first kappa shape index (κ1) is 18.6. The van der Waals surface area contributed by atoms with Crippen molar-refractivity contribution in [1.29, 1.82) is 0 Å². The smallest absolute Gasteiger partial charge is 0.260 e. The van der Waals surface area contributed by atoms with Crippen molar-refractivity contribution >= 4 is 21.6 Å². The number of rotatable bonds is 4. The molecule has 6 nitrogen and oxygen atoms in total. The van der Waals surface area contributed by atoms with Crippen molar-refractivity contribution in [3.63, 3.8) is 0 Å². The highest BCUT2D eigenvalue weighted by Crippen LogP contribution is 2.36. The van der Waals surface area contributed by atoms with E-state index in [1.54, 1.807) is 11.3 Å².